The summed E-state index contributed by atoms with van der Waals surface area (Å²) >= 11 is 0. The van der Waals surface area contributed by atoms with Gasteiger partial charge in [-0.1, -0.05) is 6.07 Å². The maximum Gasteiger partial charge on any atom is 0.157 e. The second-order valence-electron chi connectivity index (χ2n) is 3.26. The molecule has 0 saturated heterocycles. The SMILES string of the molecule is CC(C)(O)c1ccc(O)c(O)c1. The molecule has 12 heavy (non-hydrogen) atoms. The minimum atomic E-state index is -0.995. The summed E-state index contributed by atoms with van der Waals surface area (Å²) in [4.78, 5) is 0. The zero-order valence-electron chi connectivity index (χ0n) is 7.07. The number of aromatic hydroxyl groups is 2. The van der Waals surface area contributed by atoms with Crippen LogP contribution < -0.4 is 0 Å². The minimum Gasteiger partial charge on any atom is -0.504 e. The molecule has 0 atom stereocenters. The maximum absolute atomic E-state index is 9.51. The van der Waals surface area contributed by atoms with E-state index in [0.29, 0.717) is 5.56 Å². The Labute approximate surface area is 70.9 Å². The molecule has 0 aliphatic heterocycles. The first-order chi connectivity index (χ1) is 5.41. The Kier molecular flexibility index (Phi) is 1.98. The van der Waals surface area contributed by atoms with Crippen LogP contribution in [0.1, 0.15) is 19.4 Å². The molecular formula is C9H12O3. The van der Waals surface area contributed by atoms with E-state index in [9.17, 15) is 5.11 Å². The van der Waals surface area contributed by atoms with Gasteiger partial charge in [0.15, 0.2) is 11.5 Å². The number of hydrogen-bond donors (Lipinski definition) is 3. The van der Waals surface area contributed by atoms with Crippen LogP contribution in [0, 0.1) is 0 Å². The highest BCUT2D eigenvalue weighted by Crippen LogP contribution is 2.29. The number of rotatable bonds is 1. The van der Waals surface area contributed by atoms with Gasteiger partial charge in [-0.15, -0.1) is 0 Å². The number of phenols is 2. The Bertz CT molecular complexity index is 286. The Morgan fingerprint density at radius 3 is 2.08 bits per heavy atom. The Balaban J connectivity index is 3.14. The molecular weight excluding hydrogens is 156 g/mol. The summed E-state index contributed by atoms with van der Waals surface area (Å²) in [5.41, 5.74) is -0.427. The lowest BCUT2D eigenvalue weighted by atomic mass is 9.98. The van der Waals surface area contributed by atoms with Crippen LogP contribution in [0.25, 0.3) is 0 Å². The van der Waals surface area contributed by atoms with E-state index < -0.39 is 5.60 Å². The first-order valence-electron chi connectivity index (χ1n) is 3.66. The fourth-order valence-electron chi connectivity index (χ4n) is 0.904. The van der Waals surface area contributed by atoms with Gasteiger partial charge in [0.1, 0.15) is 0 Å². The lowest BCUT2D eigenvalue weighted by molar-refractivity contribution is 0.0782. The van der Waals surface area contributed by atoms with Crippen LogP contribution in [-0.2, 0) is 5.60 Å². The predicted octanol–water partition coefficient (Wildman–Crippen LogP) is 1.33. The van der Waals surface area contributed by atoms with Crippen LogP contribution >= 0.6 is 0 Å². The van der Waals surface area contributed by atoms with Crippen molar-refractivity contribution >= 4 is 0 Å². The van der Waals surface area contributed by atoms with Crippen molar-refractivity contribution in [2.75, 3.05) is 0 Å². The van der Waals surface area contributed by atoms with Gasteiger partial charge in [0, 0.05) is 0 Å². The van der Waals surface area contributed by atoms with Crippen molar-refractivity contribution in [1.82, 2.24) is 0 Å². The van der Waals surface area contributed by atoms with Crippen molar-refractivity contribution in [2.24, 2.45) is 0 Å². The Morgan fingerprint density at radius 2 is 1.67 bits per heavy atom. The molecule has 0 spiro atoms. The van der Waals surface area contributed by atoms with E-state index in [1.807, 2.05) is 0 Å². The summed E-state index contributed by atoms with van der Waals surface area (Å²) in [5, 5.41) is 27.6. The van der Waals surface area contributed by atoms with Gasteiger partial charge in [-0.05, 0) is 31.5 Å². The van der Waals surface area contributed by atoms with Gasteiger partial charge in [0.2, 0.25) is 0 Å². The fraction of sp³-hybridized carbons (Fsp3) is 0.333. The molecule has 0 aliphatic rings. The lowest BCUT2D eigenvalue weighted by Gasteiger charge is -2.17. The molecule has 0 unspecified atom stereocenters. The molecule has 0 radical (unpaired) electrons. The predicted molar refractivity (Wildman–Crippen MR) is 45.0 cm³/mol. The van der Waals surface area contributed by atoms with E-state index in [4.69, 9.17) is 10.2 Å². The number of hydrogen-bond acceptors (Lipinski definition) is 3. The van der Waals surface area contributed by atoms with Gasteiger partial charge in [0.05, 0.1) is 5.60 Å². The highest BCUT2D eigenvalue weighted by Gasteiger charge is 2.16. The molecule has 0 aliphatic carbocycles. The van der Waals surface area contributed by atoms with Crippen molar-refractivity contribution in [2.45, 2.75) is 19.4 Å². The Morgan fingerprint density at radius 1 is 1.08 bits per heavy atom. The standard InChI is InChI=1S/C9H12O3/c1-9(2,12)6-3-4-7(10)8(11)5-6/h3-5,10-12H,1-2H3. The highest BCUT2D eigenvalue weighted by atomic mass is 16.3. The van der Waals surface area contributed by atoms with Gasteiger partial charge in [-0.2, -0.15) is 0 Å². The van der Waals surface area contributed by atoms with Crippen LogP contribution in [0.4, 0.5) is 0 Å². The van der Waals surface area contributed by atoms with Gasteiger partial charge in [-0.25, -0.2) is 0 Å². The van der Waals surface area contributed by atoms with Crippen LogP contribution in [0.15, 0.2) is 18.2 Å². The number of aliphatic hydroxyl groups is 1. The van der Waals surface area contributed by atoms with E-state index in [1.54, 1.807) is 19.9 Å². The average Bonchev–Trinajstić information content (AvgIpc) is 1.92. The normalized spacial score (nSPS) is 11.6. The van der Waals surface area contributed by atoms with E-state index in [0.717, 1.165) is 0 Å². The molecule has 0 amide bonds. The molecule has 3 nitrogen and oxygen atoms in total. The van der Waals surface area contributed by atoms with E-state index in [1.165, 1.54) is 12.1 Å². The van der Waals surface area contributed by atoms with Gasteiger partial charge < -0.3 is 15.3 Å². The molecule has 0 fully saturated rings. The smallest absolute Gasteiger partial charge is 0.157 e. The first kappa shape index (κ1) is 8.87. The van der Waals surface area contributed by atoms with Crippen molar-refractivity contribution in [3.63, 3.8) is 0 Å². The van der Waals surface area contributed by atoms with Crippen molar-refractivity contribution in [3.05, 3.63) is 23.8 Å². The quantitative estimate of drug-likeness (QED) is 0.554. The van der Waals surface area contributed by atoms with Crippen molar-refractivity contribution in [3.8, 4) is 11.5 Å². The minimum absolute atomic E-state index is 0.178. The van der Waals surface area contributed by atoms with Gasteiger partial charge >= 0.3 is 0 Å². The van der Waals surface area contributed by atoms with Gasteiger partial charge in [-0.3, -0.25) is 0 Å². The van der Waals surface area contributed by atoms with E-state index >= 15 is 0 Å². The average molecular weight is 168 g/mol. The summed E-state index contributed by atoms with van der Waals surface area (Å²) < 4.78 is 0. The van der Waals surface area contributed by atoms with Crippen molar-refractivity contribution < 1.29 is 15.3 Å². The molecule has 1 aromatic rings. The molecule has 0 aromatic heterocycles. The summed E-state index contributed by atoms with van der Waals surface area (Å²) in [6.07, 6.45) is 0. The molecule has 0 bridgehead atoms. The van der Waals surface area contributed by atoms with Crippen LogP contribution in [0.3, 0.4) is 0 Å². The van der Waals surface area contributed by atoms with Gasteiger partial charge in [0.25, 0.3) is 0 Å². The third-order valence-corrected chi connectivity index (χ3v) is 1.68. The monoisotopic (exact) mass is 168 g/mol. The van der Waals surface area contributed by atoms with Crippen molar-refractivity contribution in [1.29, 1.82) is 0 Å². The largest absolute Gasteiger partial charge is 0.504 e. The van der Waals surface area contributed by atoms with E-state index in [-0.39, 0.29) is 11.5 Å². The third kappa shape index (κ3) is 1.68. The lowest BCUT2D eigenvalue weighted by Crippen LogP contribution is -2.14. The maximum atomic E-state index is 9.51. The highest BCUT2D eigenvalue weighted by molar-refractivity contribution is 5.41. The second kappa shape index (κ2) is 2.68. The van der Waals surface area contributed by atoms with E-state index in [2.05, 4.69) is 0 Å². The van der Waals surface area contributed by atoms with Crippen LogP contribution in [0.2, 0.25) is 0 Å². The zero-order chi connectivity index (χ0) is 9.35. The summed E-state index contributed by atoms with van der Waals surface area (Å²) in [7, 11) is 0. The molecule has 1 aromatic carbocycles. The molecule has 1 rings (SSSR count). The zero-order valence-corrected chi connectivity index (χ0v) is 7.07. The molecule has 3 heteroatoms. The van der Waals surface area contributed by atoms with Crippen LogP contribution in [0.5, 0.6) is 11.5 Å². The molecule has 0 saturated carbocycles. The molecule has 0 heterocycles. The number of benzene rings is 1. The third-order valence-electron chi connectivity index (χ3n) is 1.68. The first-order valence-corrected chi connectivity index (χ1v) is 3.66. The topological polar surface area (TPSA) is 60.7 Å². The molecule has 3 N–H and O–H groups in total. The summed E-state index contributed by atoms with van der Waals surface area (Å²) in [6.45, 7) is 3.22. The summed E-state index contributed by atoms with van der Waals surface area (Å²) in [5.74, 6) is -0.391. The fourth-order valence-corrected chi connectivity index (χ4v) is 0.904. The summed E-state index contributed by atoms with van der Waals surface area (Å²) in [6, 6.07) is 4.26. The second-order valence-corrected chi connectivity index (χ2v) is 3.26. The number of phenolic OH excluding ortho intramolecular Hbond substituents is 2. The van der Waals surface area contributed by atoms with Crippen LogP contribution in [-0.4, -0.2) is 15.3 Å². The molecule has 66 valence electrons. The Hall–Kier alpha value is -1.22.